The molecule has 0 aliphatic carbocycles. The van der Waals surface area contributed by atoms with Crippen LogP contribution in [0, 0.1) is 0 Å². The second kappa shape index (κ2) is 8.32. The molecule has 0 atom stereocenters. The van der Waals surface area contributed by atoms with Gasteiger partial charge in [0.2, 0.25) is 12.7 Å². The molecule has 2 aromatic carbocycles. The molecule has 1 aliphatic rings. The van der Waals surface area contributed by atoms with Gasteiger partial charge in [-0.25, -0.2) is 0 Å². The molecule has 2 aromatic rings. The normalized spacial score (nSPS) is 12.1. The lowest BCUT2D eigenvalue weighted by atomic mass is 10.1. The summed E-state index contributed by atoms with van der Waals surface area (Å²) in [6.07, 6.45) is 1.04. The third-order valence-electron chi connectivity index (χ3n) is 3.79. The van der Waals surface area contributed by atoms with Gasteiger partial charge in [0.25, 0.3) is 0 Å². The van der Waals surface area contributed by atoms with Crippen LogP contribution in [0.25, 0.3) is 0 Å². The van der Waals surface area contributed by atoms with Crippen molar-refractivity contribution in [1.82, 2.24) is 5.32 Å². The minimum atomic E-state index is -0.0154. The summed E-state index contributed by atoms with van der Waals surface area (Å²) in [6.45, 7) is 1.32. The fourth-order valence-corrected chi connectivity index (χ4v) is 2.98. The zero-order chi connectivity index (χ0) is 17.6. The monoisotopic (exact) mass is 380 g/mol. The van der Waals surface area contributed by atoms with Gasteiger partial charge in [-0.05, 0) is 36.2 Å². The van der Waals surface area contributed by atoms with Crippen LogP contribution in [0.2, 0.25) is 10.0 Å². The average Bonchev–Trinajstić information content (AvgIpc) is 3.04. The molecule has 1 amide bonds. The Balaban J connectivity index is 1.37. The highest BCUT2D eigenvalue weighted by Gasteiger charge is 2.13. The number of fused-ring (bicyclic) bond motifs is 1. The molecule has 25 heavy (non-hydrogen) atoms. The number of benzene rings is 2. The Morgan fingerprint density at radius 2 is 1.88 bits per heavy atom. The molecule has 0 radical (unpaired) electrons. The van der Waals surface area contributed by atoms with E-state index in [0.717, 1.165) is 17.0 Å². The van der Waals surface area contributed by atoms with Crippen LogP contribution in [0.4, 0.5) is 5.69 Å². The summed E-state index contributed by atoms with van der Waals surface area (Å²) in [5.74, 6) is 1.44. The van der Waals surface area contributed by atoms with Crippen LogP contribution < -0.4 is 20.1 Å². The molecule has 0 unspecified atom stereocenters. The van der Waals surface area contributed by atoms with Crippen molar-refractivity contribution >= 4 is 34.8 Å². The molecule has 0 bridgehead atoms. The van der Waals surface area contributed by atoms with Crippen molar-refractivity contribution in [1.29, 1.82) is 0 Å². The molecule has 132 valence electrons. The highest BCUT2D eigenvalue weighted by Crippen LogP contribution is 2.34. The number of nitrogens with one attached hydrogen (secondary N) is 2. The molecule has 0 aromatic heterocycles. The van der Waals surface area contributed by atoms with E-state index >= 15 is 0 Å². The zero-order valence-corrected chi connectivity index (χ0v) is 15.0. The maximum Gasteiger partial charge on any atom is 0.231 e. The summed E-state index contributed by atoms with van der Waals surface area (Å²) in [6, 6.07) is 11.0. The minimum absolute atomic E-state index is 0.0154. The molecular weight excluding hydrogens is 363 g/mol. The fraction of sp³-hybridized carbons (Fsp3) is 0.278. The van der Waals surface area contributed by atoms with Gasteiger partial charge in [0, 0.05) is 41.3 Å². The number of ether oxygens (including phenoxy) is 2. The smallest absolute Gasteiger partial charge is 0.231 e. The number of halogens is 2. The Morgan fingerprint density at radius 3 is 2.72 bits per heavy atom. The number of carbonyl (C=O) groups is 1. The lowest BCUT2D eigenvalue weighted by Crippen LogP contribution is -2.27. The zero-order valence-electron chi connectivity index (χ0n) is 13.5. The van der Waals surface area contributed by atoms with Crippen molar-refractivity contribution in [2.75, 3.05) is 25.2 Å². The van der Waals surface area contributed by atoms with Gasteiger partial charge < -0.3 is 20.1 Å². The first kappa shape index (κ1) is 17.7. The maximum absolute atomic E-state index is 11.9. The van der Waals surface area contributed by atoms with Crippen molar-refractivity contribution in [2.24, 2.45) is 0 Å². The van der Waals surface area contributed by atoms with Crippen LogP contribution >= 0.6 is 23.2 Å². The maximum atomic E-state index is 11.9. The van der Waals surface area contributed by atoms with Gasteiger partial charge in [-0.15, -0.1) is 0 Å². The standard InChI is InChI=1S/C18H18Cl2N2O3/c19-13-2-1-12(15(20)9-13)5-7-22-18(23)6-8-21-14-3-4-16-17(10-14)25-11-24-16/h1-4,9-10,21H,5-8,11H2,(H,22,23). The van der Waals surface area contributed by atoms with E-state index in [1.54, 1.807) is 12.1 Å². The van der Waals surface area contributed by atoms with E-state index in [-0.39, 0.29) is 12.7 Å². The van der Waals surface area contributed by atoms with Crippen LogP contribution in [0.5, 0.6) is 11.5 Å². The Hall–Kier alpha value is -2.11. The third kappa shape index (κ3) is 4.94. The molecule has 0 saturated carbocycles. The fourth-order valence-electron chi connectivity index (χ4n) is 2.48. The molecule has 1 aliphatic heterocycles. The van der Waals surface area contributed by atoms with Crippen molar-refractivity contribution in [3.63, 3.8) is 0 Å². The van der Waals surface area contributed by atoms with Gasteiger partial charge in [0.05, 0.1) is 0 Å². The topological polar surface area (TPSA) is 59.6 Å². The first-order chi connectivity index (χ1) is 12.1. The number of carbonyl (C=O) groups excluding carboxylic acids is 1. The molecule has 0 fully saturated rings. The second-order valence-corrected chi connectivity index (χ2v) is 6.42. The quantitative estimate of drug-likeness (QED) is 0.764. The first-order valence-electron chi connectivity index (χ1n) is 7.96. The van der Waals surface area contributed by atoms with Gasteiger partial charge in [-0.3, -0.25) is 4.79 Å². The largest absolute Gasteiger partial charge is 0.454 e. The number of hydrogen-bond acceptors (Lipinski definition) is 4. The molecule has 2 N–H and O–H groups in total. The van der Waals surface area contributed by atoms with Crippen LogP contribution in [-0.4, -0.2) is 25.8 Å². The van der Waals surface area contributed by atoms with E-state index in [2.05, 4.69) is 10.6 Å². The van der Waals surface area contributed by atoms with Gasteiger partial charge in [0.15, 0.2) is 11.5 Å². The predicted molar refractivity (Wildman–Crippen MR) is 98.8 cm³/mol. The Morgan fingerprint density at radius 1 is 1.04 bits per heavy atom. The molecule has 0 saturated heterocycles. The van der Waals surface area contributed by atoms with E-state index in [4.69, 9.17) is 32.7 Å². The summed E-state index contributed by atoms with van der Waals surface area (Å²) < 4.78 is 10.6. The van der Waals surface area contributed by atoms with Gasteiger partial charge in [-0.2, -0.15) is 0 Å². The Bertz CT molecular complexity index is 768. The minimum Gasteiger partial charge on any atom is -0.454 e. The molecule has 1 heterocycles. The highest BCUT2D eigenvalue weighted by atomic mass is 35.5. The van der Waals surface area contributed by atoms with Crippen molar-refractivity contribution in [2.45, 2.75) is 12.8 Å². The number of hydrogen-bond donors (Lipinski definition) is 2. The van der Waals surface area contributed by atoms with Crippen molar-refractivity contribution in [3.05, 3.63) is 52.0 Å². The molecule has 0 spiro atoms. The van der Waals surface area contributed by atoms with E-state index in [1.165, 1.54) is 0 Å². The molecule has 3 rings (SSSR count). The molecular formula is C18H18Cl2N2O3. The second-order valence-electron chi connectivity index (χ2n) is 5.58. The SMILES string of the molecule is O=C(CCNc1ccc2c(c1)OCO2)NCCc1ccc(Cl)cc1Cl. The van der Waals surface area contributed by atoms with Crippen LogP contribution in [0.15, 0.2) is 36.4 Å². The summed E-state index contributed by atoms with van der Waals surface area (Å²) >= 11 is 12.0. The summed E-state index contributed by atoms with van der Waals surface area (Å²) in [5, 5.41) is 7.30. The van der Waals surface area contributed by atoms with E-state index < -0.39 is 0 Å². The third-order valence-corrected chi connectivity index (χ3v) is 4.37. The van der Waals surface area contributed by atoms with E-state index in [1.807, 2.05) is 24.3 Å². The molecule has 5 nitrogen and oxygen atoms in total. The number of rotatable bonds is 7. The Labute approximate surface area is 156 Å². The van der Waals surface area contributed by atoms with E-state index in [9.17, 15) is 4.79 Å². The van der Waals surface area contributed by atoms with Gasteiger partial charge in [0.1, 0.15) is 0 Å². The van der Waals surface area contributed by atoms with Crippen LogP contribution in [-0.2, 0) is 11.2 Å². The van der Waals surface area contributed by atoms with Gasteiger partial charge in [-0.1, -0.05) is 29.3 Å². The van der Waals surface area contributed by atoms with Crippen LogP contribution in [0.3, 0.4) is 0 Å². The lowest BCUT2D eigenvalue weighted by Gasteiger charge is -2.09. The number of anilines is 1. The summed E-state index contributed by atoms with van der Waals surface area (Å²) in [7, 11) is 0. The average molecular weight is 381 g/mol. The number of amides is 1. The Kier molecular flexibility index (Phi) is 5.89. The summed E-state index contributed by atoms with van der Waals surface area (Å²) in [4.78, 5) is 11.9. The first-order valence-corrected chi connectivity index (χ1v) is 8.71. The van der Waals surface area contributed by atoms with Crippen molar-refractivity contribution < 1.29 is 14.3 Å². The van der Waals surface area contributed by atoms with Crippen LogP contribution in [0.1, 0.15) is 12.0 Å². The van der Waals surface area contributed by atoms with E-state index in [0.29, 0.717) is 41.7 Å². The predicted octanol–water partition coefficient (Wildman–Crippen LogP) is 3.88. The summed E-state index contributed by atoms with van der Waals surface area (Å²) in [5.41, 5.74) is 1.86. The van der Waals surface area contributed by atoms with Crippen molar-refractivity contribution in [3.8, 4) is 11.5 Å². The molecule has 7 heteroatoms. The van der Waals surface area contributed by atoms with Gasteiger partial charge >= 0.3 is 0 Å². The lowest BCUT2D eigenvalue weighted by molar-refractivity contribution is -0.120. The highest BCUT2D eigenvalue weighted by molar-refractivity contribution is 6.35.